The third-order valence-electron chi connectivity index (χ3n) is 5.34. The third-order valence-corrected chi connectivity index (χ3v) is 6.02. The van der Waals surface area contributed by atoms with Gasteiger partial charge in [0.1, 0.15) is 11.3 Å². The molecule has 0 saturated carbocycles. The molecule has 3 aromatic rings. The first-order chi connectivity index (χ1) is 15.6. The molecule has 6 heteroatoms. The van der Waals surface area contributed by atoms with Crippen molar-refractivity contribution < 1.29 is 24.2 Å². The van der Waals surface area contributed by atoms with Crippen LogP contribution in [0.2, 0.25) is 0 Å². The molecule has 5 nitrogen and oxygen atoms in total. The summed E-state index contributed by atoms with van der Waals surface area (Å²) in [6.45, 7) is 2.61. The average molecular weight is 449 g/mol. The fourth-order valence-electron chi connectivity index (χ4n) is 3.97. The number of carbonyl (C=O) groups is 1. The van der Waals surface area contributed by atoms with Gasteiger partial charge in [0.2, 0.25) is 0 Å². The lowest BCUT2D eigenvalue weighted by Gasteiger charge is -2.09. The van der Waals surface area contributed by atoms with Gasteiger partial charge in [0.05, 0.1) is 18.8 Å². The van der Waals surface area contributed by atoms with Gasteiger partial charge in [-0.2, -0.15) is 11.3 Å². The summed E-state index contributed by atoms with van der Waals surface area (Å²) in [5.41, 5.74) is 5.39. The summed E-state index contributed by atoms with van der Waals surface area (Å²) in [5.74, 6) is 0.247. The van der Waals surface area contributed by atoms with E-state index >= 15 is 0 Å². The van der Waals surface area contributed by atoms with Gasteiger partial charge in [-0.15, -0.1) is 0 Å². The second kappa shape index (κ2) is 9.83. The first kappa shape index (κ1) is 21.8. The van der Waals surface area contributed by atoms with Crippen molar-refractivity contribution in [2.45, 2.75) is 19.8 Å². The van der Waals surface area contributed by atoms with E-state index in [1.54, 1.807) is 18.3 Å². The number of thiophene rings is 1. The third kappa shape index (κ3) is 4.46. The molecule has 0 radical (unpaired) electrons. The normalized spacial score (nSPS) is 14.3. The van der Waals surface area contributed by atoms with E-state index in [2.05, 4.69) is 12.1 Å². The highest BCUT2D eigenvalue weighted by Crippen LogP contribution is 2.40. The molecule has 1 aliphatic rings. The number of rotatable bonds is 8. The van der Waals surface area contributed by atoms with Gasteiger partial charge < -0.3 is 9.47 Å². The number of hydrogen-bond donors (Lipinski definition) is 1. The Hall–Kier alpha value is -3.38. The second-order valence-electron chi connectivity index (χ2n) is 7.50. The van der Waals surface area contributed by atoms with Gasteiger partial charge in [-0.3, -0.25) is 5.21 Å². The smallest absolute Gasteiger partial charge is 0.345 e. The molecule has 2 aromatic carbocycles. The Morgan fingerprint density at radius 2 is 1.91 bits per heavy atom. The lowest BCUT2D eigenvalue weighted by Crippen LogP contribution is -2.22. The maximum Gasteiger partial charge on any atom is 0.345 e. The van der Waals surface area contributed by atoms with Crippen LogP contribution in [0.25, 0.3) is 5.57 Å². The maximum absolute atomic E-state index is 12.9. The molecule has 0 bridgehead atoms. The molecule has 0 spiro atoms. The lowest BCUT2D eigenvalue weighted by atomic mass is 10.00. The van der Waals surface area contributed by atoms with Gasteiger partial charge >= 0.3 is 5.97 Å². The molecular formula is C26H26NO4S+. The van der Waals surface area contributed by atoms with Crippen LogP contribution in [0.5, 0.6) is 5.75 Å². The minimum absolute atomic E-state index is 0.258. The largest absolute Gasteiger partial charge is 0.494 e. The standard InChI is InChI=1S/C26H26NO4S/c1-3-30-26(28)24-23(19-13-15-32-17-19)21-12-11-20(16-22(21)25(24)27(2)29)31-14-7-10-18-8-5-4-6-9-18/h4-6,8-9,11-13,15-17,29H,3,7,10,14H2,1-2H3/q+1/b27-25+. The van der Waals surface area contributed by atoms with Crippen molar-refractivity contribution in [3.05, 3.63) is 93.2 Å². The molecule has 1 N–H and O–H groups in total. The van der Waals surface area contributed by atoms with Crippen molar-refractivity contribution in [1.29, 1.82) is 0 Å². The molecule has 32 heavy (non-hydrogen) atoms. The Bertz CT molecular complexity index is 1160. The summed E-state index contributed by atoms with van der Waals surface area (Å²) < 4.78 is 12.3. The number of benzene rings is 2. The number of hydrogen-bond acceptors (Lipinski definition) is 5. The van der Waals surface area contributed by atoms with Crippen LogP contribution < -0.4 is 4.74 Å². The van der Waals surface area contributed by atoms with Crippen LogP contribution in [-0.4, -0.2) is 41.9 Å². The summed E-state index contributed by atoms with van der Waals surface area (Å²) in [4.78, 5) is 12.9. The highest BCUT2D eigenvalue weighted by atomic mass is 32.1. The Morgan fingerprint density at radius 1 is 1.09 bits per heavy atom. The van der Waals surface area contributed by atoms with Crippen LogP contribution in [0.4, 0.5) is 0 Å². The minimum Gasteiger partial charge on any atom is -0.494 e. The zero-order valence-electron chi connectivity index (χ0n) is 18.2. The molecule has 1 aliphatic carbocycles. The Labute approximate surface area is 191 Å². The molecule has 0 saturated heterocycles. The van der Waals surface area contributed by atoms with E-state index < -0.39 is 5.97 Å². The second-order valence-corrected chi connectivity index (χ2v) is 8.28. The Kier molecular flexibility index (Phi) is 6.71. The zero-order chi connectivity index (χ0) is 22.5. The van der Waals surface area contributed by atoms with E-state index in [9.17, 15) is 10.0 Å². The van der Waals surface area contributed by atoms with Crippen molar-refractivity contribution >= 4 is 28.6 Å². The average Bonchev–Trinajstić information content (AvgIpc) is 3.43. The SMILES string of the molecule is CCOC(=O)C1=C(c2ccsc2)c2ccc(OCCCc3ccccc3)cc2/C1=[N+](/C)O. The maximum atomic E-state index is 12.9. The molecular weight excluding hydrogens is 422 g/mol. The minimum atomic E-state index is -0.453. The van der Waals surface area contributed by atoms with E-state index in [1.165, 1.54) is 12.6 Å². The van der Waals surface area contributed by atoms with Gasteiger partial charge in [-0.1, -0.05) is 30.3 Å². The quantitative estimate of drug-likeness (QED) is 0.174. The van der Waals surface area contributed by atoms with E-state index in [0.717, 1.165) is 39.8 Å². The highest BCUT2D eigenvalue weighted by molar-refractivity contribution is 7.08. The number of hydroxylamine groups is 1. The fourth-order valence-corrected chi connectivity index (χ4v) is 4.62. The first-order valence-corrected chi connectivity index (χ1v) is 11.6. The highest BCUT2D eigenvalue weighted by Gasteiger charge is 2.40. The van der Waals surface area contributed by atoms with E-state index in [4.69, 9.17) is 9.47 Å². The molecule has 1 heterocycles. The van der Waals surface area contributed by atoms with Crippen LogP contribution >= 0.6 is 11.3 Å². The monoisotopic (exact) mass is 448 g/mol. The van der Waals surface area contributed by atoms with E-state index in [0.29, 0.717) is 23.6 Å². The van der Waals surface area contributed by atoms with E-state index in [1.807, 2.05) is 53.2 Å². The van der Waals surface area contributed by atoms with Crippen molar-refractivity contribution in [3.63, 3.8) is 0 Å². The molecule has 1 aromatic heterocycles. The van der Waals surface area contributed by atoms with Crippen molar-refractivity contribution in [2.75, 3.05) is 20.3 Å². The Balaban J connectivity index is 1.62. The number of fused-ring (bicyclic) bond motifs is 1. The molecule has 4 rings (SSSR count). The zero-order valence-corrected chi connectivity index (χ0v) is 19.0. The van der Waals surface area contributed by atoms with Crippen molar-refractivity contribution in [3.8, 4) is 5.75 Å². The number of nitrogens with zero attached hydrogens (tertiary/aromatic N) is 1. The van der Waals surface area contributed by atoms with Gasteiger partial charge in [-0.25, -0.2) is 4.79 Å². The topological polar surface area (TPSA) is 58.8 Å². The number of carbonyl (C=O) groups excluding carboxylic acids is 1. The van der Waals surface area contributed by atoms with E-state index in [-0.39, 0.29) is 6.61 Å². The Morgan fingerprint density at radius 3 is 2.59 bits per heavy atom. The van der Waals surface area contributed by atoms with Crippen molar-refractivity contribution in [2.24, 2.45) is 0 Å². The van der Waals surface area contributed by atoms with Gasteiger partial charge in [-0.05, 0) is 76.2 Å². The molecule has 0 amide bonds. The first-order valence-electron chi connectivity index (χ1n) is 10.7. The van der Waals surface area contributed by atoms with Gasteiger partial charge in [0.25, 0.3) is 5.71 Å². The summed E-state index contributed by atoms with van der Waals surface area (Å²) in [7, 11) is 1.52. The number of aryl methyl sites for hydroxylation is 1. The van der Waals surface area contributed by atoms with Crippen LogP contribution in [-0.2, 0) is 16.0 Å². The predicted octanol–water partition coefficient (Wildman–Crippen LogP) is 4.96. The van der Waals surface area contributed by atoms with Gasteiger partial charge in [0.15, 0.2) is 7.05 Å². The van der Waals surface area contributed by atoms with Crippen LogP contribution in [0.15, 0.2) is 70.9 Å². The summed E-state index contributed by atoms with van der Waals surface area (Å²) in [6.07, 6.45) is 1.84. The molecule has 0 aliphatic heterocycles. The molecule has 164 valence electrons. The summed E-state index contributed by atoms with van der Waals surface area (Å²) in [6, 6.07) is 18.0. The summed E-state index contributed by atoms with van der Waals surface area (Å²) >= 11 is 1.56. The van der Waals surface area contributed by atoms with Crippen LogP contribution in [0, 0.1) is 0 Å². The fraction of sp³-hybridized carbons (Fsp3) is 0.231. The summed E-state index contributed by atoms with van der Waals surface area (Å²) in [5, 5.41) is 14.4. The van der Waals surface area contributed by atoms with Crippen molar-refractivity contribution in [1.82, 2.24) is 0 Å². The molecule has 0 unspecified atom stereocenters. The van der Waals surface area contributed by atoms with Crippen LogP contribution in [0.3, 0.4) is 0 Å². The predicted molar refractivity (Wildman–Crippen MR) is 126 cm³/mol. The lowest BCUT2D eigenvalue weighted by molar-refractivity contribution is -0.753. The molecule has 0 fully saturated rings. The number of ether oxygens (including phenoxy) is 2. The molecule has 0 atom stereocenters. The van der Waals surface area contributed by atoms with Crippen LogP contribution in [0.1, 0.15) is 35.6 Å². The number of esters is 1. The van der Waals surface area contributed by atoms with Gasteiger partial charge in [0, 0.05) is 5.57 Å².